The first kappa shape index (κ1) is 28.6. The summed E-state index contributed by atoms with van der Waals surface area (Å²) in [6.45, 7) is 0. The SMILES string of the molecule is Nc1ccc(C(=O)N[C@H]2CCC[C@@H](Nc3ncc(Cl)c(-c4cn(S(=O)(=O)c5ccccc5)c5ccccc45)n3)C2)cc1F. The molecule has 6 rings (SSSR count). The van der Waals surface area contributed by atoms with Crippen LogP contribution in [0.5, 0.6) is 0 Å². The first-order valence-electron chi connectivity index (χ1n) is 13.8. The molecule has 0 aliphatic heterocycles. The van der Waals surface area contributed by atoms with Crippen LogP contribution in [-0.2, 0) is 10.0 Å². The maximum atomic E-state index is 13.9. The number of carbonyl (C=O) groups is 1. The number of nitrogens with zero attached hydrogens (tertiary/aromatic N) is 3. The predicted octanol–water partition coefficient (Wildman–Crippen LogP) is 5.86. The van der Waals surface area contributed by atoms with Gasteiger partial charge in [0.15, 0.2) is 0 Å². The van der Waals surface area contributed by atoms with Gasteiger partial charge in [0.1, 0.15) is 5.82 Å². The Morgan fingerprint density at radius 3 is 2.56 bits per heavy atom. The largest absolute Gasteiger partial charge is 0.396 e. The molecule has 12 heteroatoms. The molecule has 2 atom stereocenters. The molecule has 1 aliphatic rings. The van der Waals surface area contributed by atoms with Gasteiger partial charge in [-0.15, -0.1) is 0 Å². The van der Waals surface area contributed by atoms with Crippen LogP contribution in [0.15, 0.2) is 90.1 Å². The summed E-state index contributed by atoms with van der Waals surface area (Å²) in [5, 5.41) is 7.29. The summed E-state index contributed by atoms with van der Waals surface area (Å²) in [6, 6.07) is 19.2. The Labute approximate surface area is 253 Å². The molecule has 4 N–H and O–H groups in total. The van der Waals surface area contributed by atoms with E-state index in [2.05, 4.69) is 15.6 Å². The summed E-state index contributed by atoms with van der Waals surface area (Å²) in [7, 11) is -3.89. The molecule has 1 fully saturated rings. The van der Waals surface area contributed by atoms with Crippen LogP contribution < -0.4 is 16.4 Å². The van der Waals surface area contributed by atoms with Crippen molar-refractivity contribution < 1.29 is 17.6 Å². The zero-order valence-electron chi connectivity index (χ0n) is 22.9. The second-order valence-electron chi connectivity index (χ2n) is 10.5. The Balaban J connectivity index is 1.25. The molecule has 220 valence electrons. The molecule has 5 aromatic rings. The van der Waals surface area contributed by atoms with E-state index >= 15 is 0 Å². The number of nitrogens with one attached hydrogen (secondary N) is 2. The van der Waals surface area contributed by atoms with E-state index in [1.165, 1.54) is 28.5 Å². The van der Waals surface area contributed by atoms with E-state index < -0.39 is 15.8 Å². The molecule has 1 aliphatic carbocycles. The summed E-state index contributed by atoms with van der Waals surface area (Å²) in [4.78, 5) is 22.0. The Hall–Kier alpha value is -4.48. The van der Waals surface area contributed by atoms with Crippen molar-refractivity contribution in [3.05, 3.63) is 102 Å². The van der Waals surface area contributed by atoms with E-state index in [4.69, 9.17) is 22.3 Å². The van der Waals surface area contributed by atoms with Gasteiger partial charge in [0.05, 0.1) is 33.0 Å². The normalized spacial score (nSPS) is 17.1. The highest BCUT2D eigenvalue weighted by Gasteiger charge is 2.26. The number of carbonyl (C=O) groups excluding carboxylic acids is 1. The molecule has 3 aromatic carbocycles. The van der Waals surface area contributed by atoms with E-state index in [9.17, 15) is 17.6 Å². The van der Waals surface area contributed by atoms with Crippen molar-refractivity contribution in [2.75, 3.05) is 11.1 Å². The third kappa shape index (κ3) is 5.78. The highest BCUT2D eigenvalue weighted by atomic mass is 35.5. The Bertz CT molecular complexity index is 1930. The average molecular weight is 619 g/mol. The lowest BCUT2D eigenvalue weighted by Gasteiger charge is -2.30. The summed E-state index contributed by atoms with van der Waals surface area (Å²) < 4.78 is 42.2. The van der Waals surface area contributed by atoms with Crippen LogP contribution >= 0.6 is 11.6 Å². The number of hydrogen-bond acceptors (Lipinski definition) is 7. The van der Waals surface area contributed by atoms with Crippen molar-refractivity contribution in [3.8, 4) is 11.3 Å². The highest BCUT2D eigenvalue weighted by molar-refractivity contribution is 7.90. The van der Waals surface area contributed by atoms with Gasteiger partial charge in [-0.1, -0.05) is 48.0 Å². The monoisotopic (exact) mass is 618 g/mol. The number of hydrogen-bond donors (Lipinski definition) is 3. The summed E-state index contributed by atoms with van der Waals surface area (Å²) >= 11 is 6.58. The third-order valence-electron chi connectivity index (χ3n) is 7.58. The molecule has 1 saturated carbocycles. The zero-order chi connectivity index (χ0) is 30.1. The van der Waals surface area contributed by atoms with Crippen LogP contribution in [0.25, 0.3) is 22.2 Å². The fourth-order valence-corrected chi connectivity index (χ4v) is 7.02. The lowest BCUT2D eigenvalue weighted by molar-refractivity contribution is 0.0926. The van der Waals surface area contributed by atoms with Crippen molar-refractivity contribution in [1.29, 1.82) is 0 Å². The standard InChI is InChI=1S/C31H28ClFN6O3S/c32-25-17-35-31(37-21-8-6-7-20(16-21)36-30(40)19-13-14-27(34)26(33)15-19)38-29(25)24-18-39(28-12-5-4-11-23(24)28)43(41,42)22-9-2-1-3-10-22/h1-5,9-15,17-18,20-21H,6-8,16,34H2,(H,36,40)(H,35,37,38)/t20-,21+/m0/s1. The van der Waals surface area contributed by atoms with Crippen LogP contribution in [0.1, 0.15) is 36.0 Å². The van der Waals surface area contributed by atoms with Gasteiger partial charge in [-0.05, 0) is 62.1 Å². The number of anilines is 2. The molecule has 1 amide bonds. The van der Waals surface area contributed by atoms with E-state index in [0.29, 0.717) is 34.5 Å². The molecule has 0 radical (unpaired) electrons. The molecule has 43 heavy (non-hydrogen) atoms. The second kappa shape index (κ2) is 11.7. The van der Waals surface area contributed by atoms with Gasteiger partial charge in [0.2, 0.25) is 5.95 Å². The van der Waals surface area contributed by atoms with Gasteiger partial charge in [-0.3, -0.25) is 4.79 Å². The van der Waals surface area contributed by atoms with Gasteiger partial charge in [-0.25, -0.2) is 26.7 Å². The van der Waals surface area contributed by atoms with Crippen LogP contribution in [0.4, 0.5) is 16.0 Å². The third-order valence-corrected chi connectivity index (χ3v) is 9.55. The molecule has 9 nitrogen and oxygen atoms in total. The van der Waals surface area contributed by atoms with Gasteiger partial charge < -0.3 is 16.4 Å². The number of benzene rings is 3. The van der Waals surface area contributed by atoms with Crippen molar-refractivity contribution in [2.45, 2.75) is 42.7 Å². The second-order valence-corrected chi connectivity index (χ2v) is 12.7. The Morgan fingerprint density at radius 1 is 1.02 bits per heavy atom. The number of amides is 1. The first-order valence-corrected chi connectivity index (χ1v) is 15.6. The lowest BCUT2D eigenvalue weighted by atomic mass is 9.91. The number of fused-ring (bicyclic) bond motifs is 1. The maximum Gasteiger partial charge on any atom is 0.268 e. The summed E-state index contributed by atoms with van der Waals surface area (Å²) in [5.41, 5.74) is 7.17. The topological polar surface area (TPSA) is 132 Å². The number of nitrogens with two attached hydrogens (primary N) is 1. The quantitative estimate of drug-likeness (QED) is 0.195. The smallest absolute Gasteiger partial charge is 0.268 e. The van der Waals surface area contributed by atoms with Crippen molar-refractivity contribution in [3.63, 3.8) is 0 Å². The van der Waals surface area contributed by atoms with Gasteiger partial charge in [-0.2, -0.15) is 0 Å². The summed E-state index contributed by atoms with van der Waals surface area (Å²) in [6.07, 6.45) is 6.10. The number of halogens is 2. The van der Waals surface area contributed by atoms with Crippen molar-refractivity contribution in [2.24, 2.45) is 0 Å². The molecular formula is C31H28ClFN6O3S. The molecular weight excluding hydrogens is 591 g/mol. The first-order chi connectivity index (χ1) is 20.7. The minimum absolute atomic E-state index is 0.0109. The summed E-state index contributed by atoms with van der Waals surface area (Å²) in [5.74, 6) is -0.663. The Morgan fingerprint density at radius 2 is 1.77 bits per heavy atom. The van der Waals surface area contributed by atoms with E-state index in [1.54, 1.807) is 42.5 Å². The Kier molecular flexibility index (Phi) is 7.76. The van der Waals surface area contributed by atoms with Gasteiger partial charge in [0.25, 0.3) is 15.9 Å². The maximum absolute atomic E-state index is 13.9. The average Bonchev–Trinajstić information content (AvgIpc) is 3.40. The minimum Gasteiger partial charge on any atom is -0.396 e. The molecule has 0 spiro atoms. The van der Waals surface area contributed by atoms with Crippen LogP contribution in [0, 0.1) is 5.82 Å². The van der Waals surface area contributed by atoms with Crippen LogP contribution in [-0.4, -0.2) is 40.3 Å². The molecule has 0 bridgehead atoms. The van der Waals surface area contributed by atoms with E-state index in [1.807, 2.05) is 12.1 Å². The minimum atomic E-state index is -3.89. The molecule has 2 aromatic heterocycles. The van der Waals surface area contributed by atoms with Crippen molar-refractivity contribution in [1.82, 2.24) is 19.3 Å². The number of para-hydroxylation sites is 1. The molecule has 2 heterocycles. The highest BCUT2D eigenvalue weighted by Crippen LogP contribution is 2.36. The number of rotatable bonds is 7. The van der Waals surface area contributed by atoms with E-state index in [0.717, 1.165) is 25.3 Å². The fourth-order valence-electron chi connectivity index (χ4n) is 5.44. The fraction of sp³-hybridized carbons (Fsp3) is 0.194. The molecule has 0 saturated heterocycles. The molecule has 0 unspecified atom stereocenters. The van der Waals surface area contributed by atoms with Crippen molar-refractivity contribution >= 4 is 50.1 Å². The predicted molar refractivity (Wildman–Crippen MR) is 165 cm³/mol. The number of nitrogen functional groups attached to an aromatic ring is 1. The lowest BCUT2D eigenvalue weighted by Crippen LogP contribution is -2.42. The zero-order valence-corrected chi connectivity index (χ0v) is 24.4. The van der Waals surface area contributed by atoms with Gasteiger partial charge >= 0.3 is 0 Å². The van der Waals surface area contributed by atoms with Crippen LogP contribution in [0.3, 0.4) is 0 Å². The van der Waals surface area contributed by atoms with E-state index in [-0.39, 0.29) is 39.2 Å². The number of aromatic nitrogens is 3. The van der Waals surface area contributed by atoms with Crippen LogP contribution in [0.2, 0.25) is 5.02 Å². The van der Waals surface area contributed by atoms with Gasteiger partial charge in [0, 0.05) is 34.8 Å².